The Balaban J connectivity index is 1.73. The summed E-state index contributed by atoms with van der Waals surface area (Å²) in [7, 11) is 0. The van der Waals surface area contributed by atoms with Crippen molar-refractivity contribution in [3.8, 4) is 0 Å². The molecular weight excluding hydrogens is 258 g/mol. The Kier molecular flexibility index (Phi) is 3.00. The van der Waals surface area contributed by atoms with Gasteiger partial charge in [0.05, 0.1) is 12.1 Å². The van der Waals surface area contributed by atoms with Gasteiger partial charge in [-0.2, -0.15) is 4.73 Å². The van der Waals surface area contributed by atoms with E-state index in [0.29, 0.717) is 16.1 Å². The number of nitrogens with zero attached hydrogens (tertiary/aromatic N) is 4. The minimum atomic E-state index is -0.265. The fourth-order valence-electron chi connectivity index (χ4n) is 1.84. The third-order valence-electron chi connectivity index (χ3n) is 2.86. The Hall–Kier alpha value is -2.96. The Morgan fingerprint density at radius 2 is 2.05 bits per heavy atom. The molecule has 0 unspecified atom stereocenters. The van der Waals surface area contributed by atoms with Crippen LogP contribution in [0.4, 0.5) is 0 Å². The molecule has 0 fully saturated rings. The third-order valence-corrected chi connectivity index (χ3v) is 2.86. The fraction of sp³-hybridized carbons (Fsp3) is 0.0769. The Morgan fingerprint density at radius 1 is 1.25 bits per heavy atom. The zero-order chi connectivity index (χ0) is 13.9. The van der Waals surface area contributed by atoms with E-state index in [1.807, 2.05) is 24.4 Å². The molecule has 0 atom stereocenters. The zero-order valence-corrected chi connectivity index (χ0v) is 10.4. The molecule has 7 heteroatoms. The summed E-state index contributed by atoms with van der Waals surface area (Å²) in [5.74, 6) is 0.377. The minimum absolute atomic E-state index is 0.260. The van der Waals surface area contributed by atoms with Crippen molar-refractivity contribution in [1.82, 2.24) is 19.9 Å². The van der Waals surface area contributed by atoms with Gasteiger partial charge in [-0.1, -0.05) is 6.07 Å². The van der Waals surface area contributed by atoms with Crippen LogP contribution in [0.1, 0.15) is 16.2 Å². The first-order valence-corrected chi connectivity index (χ1v) is 6.00. The number of fused-ring (bicyclic) bond motifs is 1. The van der Waals surface area contributed by atoms with Gasteiger partial charge in [0.25, 0.3) is 5.91 Å². The average Bonchev–Trinajstić information content (AvgIpc) is 2.89. The molecule has 0 aliphatic heterocycles. The van der Waals surface area contributed by atoms with Crippen LogP contribution >= 0.6 is 0 Å². The van der Waals surface area contributed by atoms with E-state index in [1.54, 1.807) is 4.40 Å². The molecule has 3 aromatic heterocycles. The highest BCUT2D eigenvalue weighted by Gasteiger charge is 2.09. The summed E-state index contributed by atoms with van der Waals surface area (Å²) in [6.07, 6.45) is 4.39. The van der Waals surface area contributed by atoms with Crippen LogP contribution in [-0.4, -0.2) is 20.5 Å². The predicted molar refractivity (Wildman–Crippen MR) is 69.6 cm³/mol. The van der Waals surface area contributed by atoms with E-state index in [2.05, 4.69) is 15.5 Å². The van der Waals surface area contributed by atoms with Gasteiger partial charge in [-0.25, -0.2) is 0 Å². The van der Waals surface area contributed by atoms with Crippen molar-refractivity contribution in [2.45, 2.75) is 6.54 Å². The normalized spacial score (nSPS) is 10.6. The van der Waals surface area contributed by atoms with Crippen molar-refractivity contribution in [3.63, 3.8) is 0 Å². The summed E-state index contributed by atoms with van der Waals surface area (Å²) >= 11 is 0. The van der Waals surface area contributed by atoms with Crippen LogP contribution in [-0.2, 0) is 6.54 Å². The maximum atomic E-state index is 11.9. The van der Waals surface area contributed by atoms with Crippen LogP contribution in [0.25, 0.3) is 5.65 Å². The lowest BCUT2D eigenvalue weighted by Crippen LogP contribution is -2.28. The van der Waals surface area contributed by atoms with Crippen LogP contribution in [0.3, 0.4) is 0 Å². The van der Waals surface area contributed by atoms with Gasteiger partial charge in [0, 0.05) is 18.3 Å². The molecule has 0 saturated heterocycles. The maximum Gasteiger partial charge on any atom is 0.252 e. The van der Waals surface area contributed by atoms with Gasteiger partial charge in [-0.05, 0) is 12.1 Å². The lowest BCUT2D eigenvalue weighted by atomic mass is 10.2. The molecular formula is C13H11N5O2. The van der Waals surface area contributed by atoms with E-state index in [0.717, 1.165) is 5.65 Å². The Morgan fingerprint density at radius 3 is 2.85 bits per heavy atom. The van der Waals surface area contributed by atoms with Gasteiger partial charge in [-0.3, -0.25) is 9.20 Å². The van der Waals surface area contributed by atoms with Crippen LogP contribution in [0.2, 0.25) is 0 Å². The number of carbonyl (C=O) groups excluding carboxylic acids is 1. The molecule has 20 heavy (non-hydrogen) atoms. The molecule has 3 heterocycles. The van der Waals surface area contributed by atoms with E-state index in [4.69, 9.17) is 0 Å². The van der Waals surface area contributed by atoms with Crippen molar-refractivity contribution in [2.24, 2.45) is 0 Å². The fourth-order valence-corrected chi connectivity index (χ4v) is 1.84. The second-order valence-electron chi connectivity index (χ2n) is 4.17. The number of amides is 1. The van der Waals surface area contributed by atoms with Gasteiger partial charge < -0.3 is 10.5 Å². The predicted octanol–water partition coefficient (Wildman–Crippen LogP) is 0.293. The highest BCUT2D eigenvalue weighted by atomic mass is 16.5. The molecule has 0 saturated carbocycles. The first-order valence-electron chi connectivity index (χ1n) is 6.00. The highest BCUT2D eigenvalue weighted by Crippen LogP contribution is 2.03. The van der Waals surface area contributed by atoms with Crippen molar-refractivity contribution in [2.75, 3.05) is 0 Å². The van der Waals surface area contributed by atoms with Crippen LogP contribution in [0.5, 0.6) is 0 Å². The summed E-state index contributed by atoms with van der Waals surface area (Å²) in [5.41, 5.74) is 1.15. The van der Waals surface area contributed by atoms with Gasteiger partial charge in [0.15, 0.2) is 23.9 Å². The lowest BCUT2D eigenvalue weighted by Gasteiger charge is -2.04. The average molecular weight is 269 g/mol. The number of hydrogen-bond acceptors (Lipinski definition) is 4. The van der Waals surface area contributed by atoms with E-state index in [9.17, 15) is 10.0 Å². The van der Waals surface area contributed by atoms with Crippen molar-refractivity contribution < 1.29 is 9.52 Å². The summed E-state index contributed by atoms with van der Waals surface area (Å²) in [6.45, 7) is 0.260. The first-order chi connectivity index (χ1) is 9.74. The van der Waals surface area contributed by atoms with E-state index >= 15 is 0 Å². The topological polar surface area (TPSA) is 86.2 Å². The largest absolute Gasteiger partial charge is 0.619 e. The van der Waals surface area contributed by atoms with Crippen LogP contribution in [0, 0.1) is 5.21 Å². The van der Waals surface area contributed by atoms with Crippen LogP contribution < -0.4 is 10.0 Å². The SMILES string of the molecule is O=C(NCc1nnc2ccccn12)c1cc[n+]([O-])cc1. The van der Waals surface area contributed by atoms with E-state index < -0.39 is 0 Å². The Labute approximate surface area is 114 Å². The lowest BCUT2D eigenvalue weighted by molar-refractivity contribution is -0.605. The van der Waals surface area contributed by atoms with Crippen molar-refractivity contribution >= 4 is 11.6 Å². The maximum absolute atomic E-state index is 11.9. The quantitative estimate of drug-likeness (QED) is 0.547. The smallest absolute Gasteiger partial charge is 0.252 e. The summed E-state index contributed by atoms with van der Waals surface area (Å²) < 4.78 is 2.43. The molecule has 100 valence electrons. The summed E-state index contributed by atoms with van der Waals surface area (Å²) in [4.78, 5) is 11.9. The Bertz CT molecular complexity index is 751. The molecule has 0 aliphatic rings. The second kappa shape index (κ2) is 4.96. The van der Waals surface area contributed by atoms with E-state index in [-0.39, 0.29) is 12.5 Å². The van der Waals surface area contributed by atoms with E-state index in [1.165, 1.54) is 24.5 Å². The minimum Gasteiger partial charge on any atom is -0.619 e. The molecule has 0 radical (unpaired) electrons. The number of aromatic nitrogens is 4. The highest BCUT2D eigenvalue weighted by molar-refractivity contribution is 5.93. The van der Waals surface area contributed by atoms with Gasteiger partial charge >= 0.3 is 0 Å². The number of hydrogen-bond donors (Lipinski definition) is 1. The molecule has 1 amide bonds. The van der Waals surface area contributed by atoms with Crippen molar-refractivity contribution in [3.05, 3.63) is 65.5 Å². The third kappa shape index (κ3) is 2.28. The summed E-state index contributed by atoms with van der Waals surface area (Å²) in [6, 6.07) is 8.50. The summed E-state index contributed by atoms with van der Waals surface area (Å²) in [5, 5.41) is 21.7. The molecule has 3 aromatic rings. The second-order valence-corrected chi connectivity index (χ2v) is 4.17. The zero-order valence-electron chi connectivity index (χ0n) is 10.4. The van der Waals surface area contributed by atoms with Gasteiger partial charge in [0.1, 0.15) is 0 Å². The number of nitrogens with one attached hydrogen (secondary N) is 1. The van der Waals surface area contributed by atoms with Gasteiger partial charge in [-0.15, -0.1) is 10.2 Å². The molecule has 0 bridgehead atoms. The van der Waals surface area contributed by atoms with Crippen molar-refractivity contribution in [1.29, 1.82) is 0 Å². The molecule has 7 nitrogen and oxygen atoms in total. The first kappa shape index (κ1) is 12.1. The number of rotatable bonds is 3. The molecule has 3 rings (SSSR count). The molecule has 1 N–H and O–H groups in total. The molecule has 0 spiro atoms. The molecule has 0 aromatic carbocycles. The van der Waals surface area contributed by atoms with Crippen LogP contribution in [0.15, 0.2) is 48.9 Å². The monoisotopic (exact) mass is 269 g/mol. The van der Waals surface area contributed by atoms with Gasteiger partial charge in [0.2, 0.25) is 0 Å². The number of pyridine rings is 2. The number of carbonyl (C=O) groups is 1. The molecule has 0 aliphatic carbocycles. The standard InChI is InChI=1S/C13H11N5O2/c19-13(10-4-7-17(20)8-5-10)14-9-12-16-15-11-3-1-2-6-18(11)12/h1-8H,9H2,(H,14,19).